The van der Waals surface area contributed by atoms with Gasteiger partial charge in [0.2, 0.25) is 0 Å². The third-order valence-corrected chi connectivity index (χ3v) is 4.48. The Balaban J connectivity index is 1.96. The summed E-state index contributed by atoms with van der Waals surface area (Å²) in [4.78, 5) is 2.81. The van der Waals surface area contributed by atoms with Crippen LogP contribution in [0.2, 0.25) is 0 Å². The highest BCUT2D eigenvalue weighted by Crippen LogP contribution is 2.24. The Morgan fingerprint density at radius 1 is 1.33 bits per heavy atom. The topological polar surface area (TPSA) is 15.3 Å². The maximum absolute atomic E-state index is 3.76. The van der Waals surface area contributed by atoms with Crippen molar-refractivity contribution in [1.82, 2.24) is 10.2 Å². The number of nitrogens with one attached hydrogen (secondary N) is 1. The van der Waals surface area contributed by atoms with Crippen molar-refractivity contribution in [2.24, 2.45) is 5.92 Å². The molecule has 0 saturated carbocycles. The van der Waals surface area contributed by atoms with Crippen LogP contribution in [0.5, 0.6) is 0 Å². The van der Waals surface area contributed by atoms with Gasteiger partial charge in [-0.15, -0.1) is 0 Å². The van der Waals surface area contributed by atoms with Crippen LogP contribution in [-0.4, -0.2) is 36.1 Å². The number of rotatable bonds is 4. The number of hydrogen-bond donors (Lipinski definition) is 1. The second kappa shape index (κ2) is 6.72. The van der Waals surface area contributed by atoms with Crippen LogP contribution in [0.1, 0.15) is 52.9 Å². The number of piperazine rings is 1. The van der Waals surface area contributed by atoms with Crippen molar-refractivity contribution in [2.45, 2.75) is 71.0 Å². The molecule has 104 valence electrons. The minimum absolute atomic E-state index is 0.707. The first-order valence-corrected chi connectivity index (χ1v) is 7.84. The van der Waals surface area contributed by atoms with E-state index < -0.39 is 0 Å². The van der Waals surface area contributed by atoms with Crippen LogP contribution in [0.25, 0.3) is 0 Å². The first kappa shape index (κ1) is 14.1. The summed E-state index contributed by atoms with van der Waals surface area (Å²) in [6.45, 7) is 9.45. The Morgan fingerprint density at radius 2 is 2.17 bits per heavy atom. The summed E-state index contributed by atoms with van der Waals surface area (Å²) in [5.74, 6) is 0.800. The summed E-state index contributed by atoms with van der Waals surface area (Å²) in [6, 6.07) is 2.26. The molecule has 1 saturated heterocycles. The first-order chi connectivity index (χ1) is 8.70. The lowest BCUT2D eigenvalue weighted by Gasteiger charge is -2.45. The fourth-order valence-electron chi connectivity index (χ4n) is 3.52. The molecule has 2 rings (SSSR count). The molecule has 0 bridgehead atoms. The van der Waals surface area contributed by atoms with Crippen LogP contribution < -0.4 is 5.32 Å². The van der Waals surface area contributed by atoms with Crippen molar-refractivity contribution in [3.63, 3.8) is 0 Å². The molecule has 2 aliphatic rings. The second-order valence-corrected chi connectivity index (χ2v) is 6.43. The van der Waals surface area contributed by atoms with Gasteiger partial charge in [-0.05, 0) is 38.0 Å². The Labute approximate surface area is 113 Å². The monoisotopic (exact) mass is 250 g/mol. The summed E-state index contributed by atoms with van der Waals surface area (Å²) in [7, 11) is 0. The Hall–Kier alpha value is -0.340. The quantitative estimate of drug-likeness (QED) is 0.771. The van der Waals surface area contributed by atoms with Crippen LogP contribution in [0.4, 0.5) is 0 Å². The van der Waals surface area contributed by atoms with Gasteiger partial charge in [0.15, 0.2) is 0 Å². The van der Waals surface area contributed by atoms with Gasteiger partial charge in [-0.25, -0.2) is 0 Å². The highest BCUT2D eigenvalue weighted by atomic mass is 15.3. The molecule has 0 spiro atoms. The van der Waals surface area contributed by atoms with Crippen LogP contribution >= 0.6 is 0 Å². The first-order valence-electron chi connectivity index (χ1n) is 7.84. The highest BCUT2D eigenvalue weighted by Gasteiger charge is 2.31. The van der Waals surface area contributed by atoms with Crippen molar-refractivity contribution in [3.05, 3.63) is 12.2 Å². The SMILES string of the molecule is CCC1CNC(CC(C)C)CN1C1CC=CCC1. The van der Waals surface area contributed by atoms with Crippen LogP contribution in [-0.2, 0) is 0 Å². The lowest BCUT2D eigenvalue weighted by atomic mass is 9.93. The Kier molecular flexibility index (Phi) is 5.25. The molecule has 2 nitrogen and oxygen atoms in total. The molecule has 18 heavy (non-hydrogen) atoms. The predicted molar refractivity (Wildman–Crippen MR) is 78.8 cm³/mol. The Bertz CT molecular complexity index is 272. The van der Waals surface area contributed by atoms with Gasteiger partial charge < -0.3 is 5.32 Å². The molecule has 0 aromatic heterocycles. The molecule has 3 unspecified atom stereocenters. The van der Waals surface area contributed by atoms with Crippen molar-refractivity contribution >= 4 is 0 Å². The van der Waals surface area contributed by atoms with Gasteiger partial charge in [-0.1, -0.05) is 32.9 Å². The molecule has 0 aromatic rings. The molecule has 2 heteroatoms. The molecule has 0 radical (unpaired) electrons. The van der Waals surface area contributed by atoms with Gasteiger partial charge in [0.25, 0.3) is 0 Å². The van der Waals surface area contributed by atoms with Crippen molar-refractivity contribution in [2.75, 3.05) is 13.1 Å². The molecule has 1 fully saturated rings. The summed E-state index contributed by atoms with van der Waals surface area (Å²) in [6.07, 6.45) is 11.2. The summed E-state index contributed by atoms with van der Waals surface area (Å²) >= 11 is 0. The van der Waals surface area contributed by atoms with Crippen LogP contribution in [0.15, 0.2) is 12.2 Å². The van der Waals surface area contributed by atoms with Crippen LogP contribution in [0, 0.1) is 5.92 Å². The fourth-order valence-corrected chi connectivity index (χ4v) is 3.52. The molecule has 1 aliphatic heterocycles. The molecule has 1 heterocycles. The summed E-state index contributed by atoms with van der Waals surface area (Å²) in [5, 5.41) is 3.76. The third kappa shape index (κ3) is 3.58. The summed E-state index contributed by atoms with van der Waals surface area (Å²) in [5.41, 5.74) is 0. The van der Waals surface area contributed by atoms with E-state index in [-0.39, 0.29) is 0 Å². The zero-order valence-corrected chi connectivity index (χ0v) is 12.4. The van der Waals surface area contributed by atoms with Gasteiger partial charge in [0.1, 0.15) is 0 Å². The third-order valence-electron chi connectivity index (χ3n) is 4.48. The van der Waals surface area contributed by atoms with Crippen LogP contribution in [0.3, 0.4) is 0 Å². The van der Waals surface area contributed by atoms with E-state index in [0.717, 1.165) is 18.0 Å². The molecular formula is C16H30N2. The molecule has 1 N–H and O–H groups in total. The maximum Gasteiger partial charge on any atom is 0.0221 e. The molecule has 0 aromatic carbocycles. The molecule has 0 amide bonds. The zero-order chi connectivity index (χ0) is 13.0. The normalized spacial score (nSPS) is 34.1. The minimum Gasteiger partial charge on any atom is -0.311 e. The predicted octanol–water partition coefficient (Wildman–Crippen LogP) is 3.19. The van der Waals surface area contributed by atoms with Crippen molar-refractivity contribution in [1.29, 1.82) is 0 Å². The second-order valence-electron chi connectivity index (χ2n) is 6.43. The van der Waals surface area contributed by atoms with E-state index in [1.165, 1.54) is 45.2 Å². The lowest BCUT2D eigenvalue weighted by Crippen LogP contribution is -2.59. The van der Waals surface area contributed by atoms with Crippen molar-refractivity contribution < 1.29 is 0 Å². The average Bonchev–Trinajstić information content (AvgIpc) is 2.39. The Morgan fingerprint density at radius 3 is 2.78 bits per heavy atom. The number of allylic oxidation sites excluding steroid dienone is 1. The van der Waals surface area contributed by atoms with Gasteiger partial charge in [-0.3, -0.25) is 4.90 Å². The van der Waals surface area contributed by atoms with E-state index in [1.54, 1.807) is 0 Å². The molecular weight excluding hydrogens is 220 g/mol. The van der Waals surface area contributed by atoms with E-state index in [0.29, 0.717) is 6.04 Å². The fraction of sp³-hybridized carbons (Fsp3) is 0.875. The van der Waals surface area contributed by atoms with E-state index in [2.05, 4.69) is 43.1 Å². The van der Waals surface area contributed by atoms with Gasteiger partial charge in [0.05, 0.1) is 0 Å². The minimum atomic E-state index is 0.707. The standard InChI is InChI=1S/C16H30N2/c1-4-15-11-17-14(10-13(2)3)12-18(15)16-8-6-5-7-9-16/h5-6,13-17H,4,7-12H2,1-3H3. The van der Waals surface area contributed by atoms with E-state index in [1.807, 2.05) is 0 Å². The van der Waals surface area contributed by atoms with Crippen molar-refractivity contribution in [3.8, 4) is 0 Å². The zero-order valence-electron chi connectivity index (χ0n) is 12.4. The number of nitrogens with zero attached hydrogens (tertiary/aromatic N) is 1. The molecule has 3 atom stereocenters. The average molecular weight is 250 g/mol. The highest BCUT2D eigenvalue weighted by molar-refractivity contribution is 4.98. The van der Waals surface area contributed by atoms with Gasteiger partial charge in [0, 0.05) is 31.2 Å². The number of hydrogen-bond acceptors (Lipinski definition) is 2. The van der Waals surface area contributed by atoms with E-state index >= 15 is 0 Å². The van der Waals surface area contributed by atoms with Gasteiger partial charge >= 0.3 is 0 Å². The van der Waals surface area contributed by atoms with E-state index in [9.17, 15) is 0 Å². The van der Waals surface area contributed by atoms with E-state index in [4.69, 9.17) is 0 Å². The smallest absolute Gasteiger partial charge is 0.0221 e. The lowest BCUT2D eigenvalue weighted by molar-refractivity contribution is 0.0685. The maximum atomic E-state index is 3.76. The summed E-state index contributed by atoms with van der Waals surface area (Å²) < 4.78 is 0. The largest absolute Gasteiger partial charge is 0.311 e. The molecule has 1 aliphatic carbocycles. The van der Waals surface area contributed by atoms with Gasteiger partial charge in [-0.2, -0.15) is 0 Å².